The molecular formula is C18H24N4O2S. The zero-order valence-corrected chi connectivity index (χ0v) is 15.7. The molecule has 1 heterocycles. The molecule has 3 rings (SSSR count). The third-order valence-electron chi connectivity index (χ3n) is 4.09. The molecule has 25 heavy (non-hydrogen) atoms. The first-order chi connectivity index (χ1) is 12.1. The zero-order valence-electron chi connectivity index (χ0n) is 14.9. The fourth-order valence-corrected chi connectivity index (χ4v) is 3.40. The average Bonchev–Trinajstić information content (AvgIpc) is 3.32. The Balaban J connectivity index is 1.81. The van der Waals surface area contributed by atoms with Crippen LogP contribution < -0.4 is 5.32 Å². The number of rotatable bonds is 8. The Morgan fingerprint density at radius 3 is 2.92 bits per heavy atom. The van der Waals surface area contributed by atoms with E-state index in [1.54, 1.807) is 7.11 Å². The number of amides is 1. The highest BCUT2D eigenvalue weighted by atomic mass is 32.2. The van der Waals surface area contributed by atoms with Gasteiger partial charge in [0.05, 0.1) is 18.4 Å². The number of benzene rings is 1. The molecule has 0 unspecified atom stereocenters. The Hall–Kier alpha value is -1.86. The first kappa shape index (κ1) is 17.9. The van der Waals surface area contributed by atoms with Gasteiger partial charge in [-0.1, -0.05) is 35.5 Å². The standard InChI is InChI=1S/C18H24N4O2S/c1-12-5-4-6-14(11-12)16-20-21-18(22(16)9-10-24-3)25-13(2)17(23)19-15-7-8-15/h4-6,11,13,15H,7-10H2,1-3H3,(H,19,23)/t13-/m1/s1. The summed E-state index contributed by atoms with van der Waals surface area (Å²) in [4.78, 5) is 12.2. The maximum absolute atomic E-state index is 12.2. The number of thioether (sulfide) groups is 1. The van der Waals surface area contributed by atoms with Crippen molar-refractivity contribution in [1.29, 1.82) is 0 Å². The summed E-state index contributed by atoms with van der Waals surface area (Å²) in [6.45, 7) is 5.17. The van der Waals surface area contributed by atoms with E-state index in [0.29, 0.717) is 19.2 Å². The van der Waals surface area contributed by atoms with Crippen LogP contribution in [0.15, 0.2) is 29.4 Å². The summed E-state index contributed by atoms with van der Waals surface area (Å²) in [6.07, 6.45) is 2.18. The number of nitrogens with one attached hydrogen (secondary N) is 1. The molecule has 1 aromatic heterocycles. The van der Waals surface area contributed by atoms with Gasteiger partial charge in [0.15, 0.2) is 11.0 Å². The van der Waals surface area contributed by atoms with Gasteiger partial charge < -0.3 is 10.1 Å². The number of nitrogens with zero attached hydrogens (tertiary/aromatic N) is 3. The lowest BCUT2D eigenvalue weighted by molar-refractivity contribution is -0.120. The third kappa shape index (κ3) is 4.61. The van der Waals surface area contributed by atoms with Crippen LogP contribution >= 0.6 is 11.8 Å². The second kappa shape index (κ2) is 8.01. The van der Waals surface area contributed by atoms with Gasteiger partial charge >= 0.3 is 0 Å². The van der Waals surface area contributed by atoms with Crippen LogP contribution in [0.3, 0.4) is 0 Å². The fraction of sp³-hybridized carbons (Fsp3) is 0.500. The van der Waals surface area contributed by atoms with Crippen molar-refractivity contribution in [3.8, 4) is 11.4 Å². The van der Waals surface area contributed by atoms with E-state index in [2.05, 4.69) is 34.6 Å². The molecule has 134 valence electrons. The first-order valence-electron chi connectivity index (χ1n) is 8.54. The first-order valence-corrected chi connectivity index (χ1v) is 9.42. The molecule has 1 saturated carbocycles. The average molecular weight is 360 g/mol. The monoisotopic (exact) mass is 360 g/mol. The van der Waals surface area contributed by atoms with Gasteiger partial charge in [-0.25, -0.2) is 0 Å². The Bertz CT molecular complexity index is 742. The second-order valence-electron chi connectivity index (χ2n) is 6.36. The molecule has 0 radical (unpaired) electrons. The Morgan fingerprint density at radius 2 is 2.24 bits per heavy atom. The summed E-state index contributed by atoms with van der Waals surface area (Å²) in [6, 6.07) is 8.55. The molecule has 2 aromatic rings. The molecule has 1 N–H and O–H groups in total. The number of hydrogen-bond donors (Lipinski definition) is 1. The van der Waals surface area contributed by atoms with Crippen molar-refractivity contribution in [1.82, 2.24) is 20.1 Å². The predicted octanol–water partition coefficient (Wildman–Crippen LogP) is 2.66. The molecule has 0 aliphatic heterocycles. The molecule has 0 saturated heterocycles. The minimum atomic E-state index is -0.212. The van der Waals surface area contributed by atoms with E-state index >= 15 is 0 Å². The number of methoxy groups -OCH3 is 1. The highest BCUT2D eigenvalue weighted by molar-refractivity contribution is 8.00. The molecule has 1 aromatic carbocycles. The highest BCUT2D eigenvalue weighted by Gasteiger charge is 2.27. The van der Waals surface area contributed by atoms with Crippen LogP contribution in [-0.2, 0) is 16.1 Å². The largest absolute Gasteiger partial charge is 0.383 e. The molecular weight excluding hydrogens is 336 g/mol. The summed E-state index contributed by atoms with van der Waals surface area (Å²) in [5, 5.41) is 12.3. The Morgan fingerprint density at radius 1 is 1.44 bits per heavy atom. The Kier molecular flexibility index (Phi) is 5.75. The fourth-order valence-electron chi connectivity index (χ4n) is 2.52. The van der Waals surface area contributed by atoms with Gasteiger partial charge in [-0.15, -0.1) is 10.2 Å². The van der Waals surface area contributed by atoms with E-state index in [1.165, 1.54) is 17.3 Å². The molecule has 7 heteroatoms. The topological polar surface area (TPSA) is 69.0 Å². The van der Waals surface area contributed by atoms with Crippen molar-refractivity contribution >= 4 is 17.7 Å². The summed E-state index contributed by atoms with van der Waals surface area (Å²) >= 11 is 1.44. The van der Waals surface area contributed by atoms with Crippen LogP contribution in [-0.4, -0.2) is 45.7 Å². The minimum Gasteiger partial charge on any atom is -0.383 e. The smallest absolute Gasteiger partial charge is 0.233 e. The third-order valence-corrected chi connectivity index (χ3v) is 5.17. The number of ether oxygens (including phenoxy) is 1. The van der Waals surface area contributed by atoms with Crippen LogP contribution in [0.25, 0.3) is 11.4 Å². The minimum absolute atomic E-state index is 0.0610. The number of carbonyl (C=O) groups is 1. The maximum atomic E-state index is 12.2. The van der Waals surface area contributed by atoms with Crippen molar-refractivity contribution in [3.05, 3.63) is 29.8 Å². The Labute approximate surface area is 152 Å². The van der Waals surface area contributed by atoms with E-state index in [-0.39, 0.29) is 11.2 Å². The van der Waals surface area contributed by atoms with Crippen molar-refractivity contribution in [2.75, 3.05) is 13.7 Å². The summed E-state index contributed by atoms with van der Waals surface area (Å²) in [7, 11) is 1.68. The molecule has 0 spiro atoms. The molecule has 1 fully saturated rings. The van der Waals surface area contributed by atoms with Crippen LogP contribution in [0.5, 0.6) is 0 Å². The van der Waals surface area contributed by atoms with Crippen LogP contribution in [0.2, 0.25) is 0 Å². The molecule has 1 amide bonds. The number of carbonyl (C=O) groups excluding carboxylic acids is 1. The van der Waals surface area contributed by atoms with Crippen LogP contribution in [0.4, 0.5) is 0 Å². The molecule has 1 atom stereocenters. The van der Waals surface area contributed by atoms with Crippen molar-refractivity contribution in [3.63, 3.8) is 0 Å². The van der Waals surface area contributed by atoms with E-state index < -0.39 is 0 Å². The summed E-state index contributed by atoms with van der Waals surface area (Å²) in [5.41, 5.74) is 2.19. The van der Waals surface area contributed by atoms with E-state index in [4.69, 9.17) is 4.74 Å². The number of aryl methyl sites for hydroxylation is 1. The normalized spacial score (nSPS) is 15.2. The predicted molar refractivity (Wildman–Crippen MR) is 98.6 cm³/mol. The van der Waals surface area contributed by atoms with Gasteiger partial charge in [0.2, 0.25) is 5.91 Å². The van der Waals surface area contributed by atoms with E-state index in [9.17, 15) is 4.79 Å². The van der Waals surface area contributed by atoms with E-state index in [0.717, 1.165) is 29.4 Å². The van der Waals surface area contributed by atoms with Crippen molar-refractivity contribution < 1.29 is 9.53 Å². The maximum Gasteiger partial charge on any atom is 0.233 e. The highest BCUT2D eigenvalue weighted by Crippen LogP contribution is 2.28. The van der Waals surface area contributed by atoms with Gasteiger partial charge in [-0.2, -0.15) is 0 Å². The van der Waals surface area contributed by atoms with Gasteiger partial charge in [0.25, 0.3) is 0 Å². The molecule has 1 aliphatic rings. The van der Waals surface area contributed by atoms with Gasteiger partial charge in [0, 0.05) is 18.7 Å². The molecule has 1 aliphatic carbocycles. The van der Waals surface area contributed by atoms with Gasteiger partial charge in [-0.05, 0) is 32.8 Å². The SMILES string of the molecule is COCCn1c(S[C@H](C)C(=O)NC2CC2)nnc1-c1cccc(C)c1. The molecule has 0 bridgehead atoms. The zero-order chi connectivity index (χ0) is 17.8. The number of aromatic nitrogens is 3. The lowest BCUT2D eigenvalue weighted by Crippen LogP contribution is -2.32. The van der Waals surface area contributed by atoms with Gasteiger partial charge in [0.1, 0.15) is 0 Å². The molecule has 6 nitrogen and oxygen atoms in total. The van der Waals surface area contributed by atoms with Crippen LogP contribution in [0, 0.1) is 6.92 Å². The lowest BCUT2D eigenvalue weighted by atomic mass is 10.1. The summed E-state index contributed by atoms with van der Waals surface area (Å²) in [5.74, 6) is 0.865. The van der Waals surface area contributed by atoms with Gasteiger partial charge in [-0.3, -0.25) is 9.36 Å². The van der Waals surface area contributed by atoms with Crippen molar-refractivity contribution in [2.45, 2.75) is 49.7 Å². The van der Waals surface area contributed by atoms with Crippen molar-refractivity contribution in [2.24, 2.45) is 0 Å². The quantitative estimate of drug-likeness (QED) is 0.733. The van der Waals surface area contributed by atoms with E-state index in [1.807, 2.05) is 23.6 Å². The second-order valence-corrected chi connectivity index (χ2v) is 7.67. The lowest BCUT2D eigenvalue weighted by Gasteiger charge is -2.13. The van der Waals surface area contributed by atoms with Crippen LogP contribution in [0.1, 0.15) is 25.3 Å². The summed E-state index contributed by atoms with van der Waals surface area (Å²) < 4.78 is 7.26. The number of hydrogen-bond acceptors (Lipinski definition) is 5.